The number of hydrogen-bond donors (Lipinski definition) is 0. The minimum absolute atomic E-state index is 0.552. The molecule has 0 bridgehead atoms. The van der Waals surface area contributed by atoms with Gasteiger partial charge in [-0.25, -0.2) is 0 Å². The Bertz CT molecular complexity index is 372. The highest BCUT2D eigenvalue weighted by Gasteiger charge is 2.22. The van der Waals surface area contributed by atoms with E-state index >= 15 is 0 Å². The first-order valence-corrected chi connectivity index (χ1v) is 6.44. The van der Waals surface area contributed by atoms with Crippen molar-refractivity contribution in [2.45, 2.75) is 25.7 Å². The van der Waals surface area contributed by atoms with Crippen LogP contribution in [-0.2, 0) is 11.2 Å². The van der Waals surface area contributed by atoms with Gasteiger partial charge in [-0.05, 0) is 52.7 Å². The quantitative estimate of drug-likeness (QED) is 0.748. The van der Waals surface area contributed by atoms with Gasteiger partial charge in [0.05, 0.1) is 11.1 Å². The van der Waals surface area contributed by atoms with Gasteiger partial charge >= 0.3 is 0 Å². The third kappa shape index (κ3) is 3.08. The minimum Gasteiger partial charge on any atom is -0.492 e. The van der Waals surface area contributed by atoms with E-state index in [2.05, 4.69) is 15.9 Å². The molecule has 86 valence electrons. The van der Waals surface area contributed by atoms with Crippen molar-refractivity contribution in [3.8, 4) is 5.75 Å². The molecule has 1 aromatic carbocycles. The average molecular weight is 283 g/mol. The van der Waals surface area contributed by atoms with Crippen LogP contribution in [0.5, 0.6) is 5.75 Å². The van der Waals surface area contributed by atoms with Crippen LogP contribution in [0.1, 0.15) is 24.8 Å². The number of aldehydes is 1. The summed E-state index contributed by atoms with van der Waals surface area (Å²) >= 11 is 3.50. The lowest BCUT2D eigenvalue weighted by Gasteiger charge is -2.12. The van der Waals surface area contributed by atoms with Crippen molar-refractivity contribution >= 4 is 22.2 Å². The number of benzene rings is 1. The Balaban J connectivity index is 2.07. The van der Waals surface area contributed by atoms with Gasteiger partial charge in [-0.3, -0.25) is 0 Å². The third-order valence-corrected chi connectivity index (χ3v) is 3.36. The van der Waals surface area contributed by atoms with E-state index in [1.807, 2.05) is 18.2 Å². The van der Waals surface area contributed by atoms with Crippen LogP contribution in [0, 0.1) is 5.92 Å². The van der Waals surface area contributed by atoms with E-state index in [4.69, 9.17) is 4.74 Å². The molecule has 1 aromatic rings. The van der Waals surface area contributed by atoms with Crippen molar-refractivity contribution < 1.29 is 9.53 Å². The number of hydrogen-bond acceptors (Lipinski definition) is 2. The van der Waals surface area contributed by atoms with Gasteiger partial charge in [0.25, 0.3) is 0 Å². The predicted molar refractivity (Wildman–Crippen MR) is 66.7 cm³/mol. The number of carbonyl (C=O) groups is 1. The normalized spacial score (nSPS) is 14.8. The smallest absolute Gasteiger partial charge is 0.136 e. The first kappa shape index (κ1) is 11.6. The van der Waals surface area contributed by atoms with E-state index in [0.717, 1.165) is 41.0 Å². The van der Waals surface area contributed by atoms with Crippen molar-refractivity contribution in [1.29, 1.82) is 0 Å². The van der Waals surface area contributed by atoms with Gasteiger partial charge < -0.3 is 9.53 Å². The topological polar surface area (TPSA) is 26.3 Å². The molecule has 1 aliphatic carbocycles. The number of halogens is 1. The zero-order valence-corrected chi connectivity index (χ0v) is 10.7. The van der Waals surface area contributed by atoms with Crippen molar-refractivity contribution in [3.05, 3.63) is 28.2 Å². The van der Waals surface area contributed by atoms with Gasteiger partial charge in [0.2, 0.25) is 0 Å². The van der Waals surface area contributed by atoms with Gasteiger partial charge in [0.15, 0.2) is 0 Å². The third-order valence-electron chi connectivity index (χ3n) is 2.74. The first-order valence-electron chi connectivity index (χ1n) is 5.65. The molecule has 0 aliphatic heterocycles. The molecule has 2 rings (SSSR count). The van der Waals surface area contributed by atoms with Gasteiger partial charge in [-0.1, -0.05) is 12.1 Å². The summed E-state index contributed by atoms with van der Waals surface area (Å²) in [6, 6.07) is 5.98. The summed E-state index contributed by atoms with van der Waals surface area (Å²) in [5, 5.41) is 0. The first-order chi connectivity index (χ1) is 7.81. The maximum absolute atomic E-state index is 10.4. The van der Waals surface area contributed by atoms with Crippen LogP contribution in [0.2, 0.25) is 0 Å². The summed E-state index contributed by atoms with van der Waals surface area (Å²) in [7, 11) is 0. The Labute approximate surface area is 104 Å². The second-order valence-electron chi connectivity index (χ2n) is 4.19. The van der Waals surface area contributed by atoms with Crippen molar-refractivity contribution in [3.63, 3.8) is 0 Å². The molecule has 0 amide bonds. The lowest BCUT2D eigenvalue weighted by molar-refractivity contribution is -0.107. The maximum Gasteiger partial charge on any atom is 0.136 e. The number of para-hydroxylation sites is 1. The van der Waals surface area contributed by atoms with Crippen molar-refractivity contribution in [2.24, 2.45) is 5.92 Å². The molecule has 2 nitrogen and oxygen atoms in total. The molecule has 1 saturated carbocycles. The fourth-order valence-electron chi connectivity index (χ4n) is 1.61. The molecule has 0 N–H and O–H groups in total. The average Bonchev–Trinajstić information content (AvgIpc) is 3.09. The lowest BCUT2D eigenvalue weighted by atomic mass is 10.1. The fourth-order valence-corrected chi connectivity index (χ4v) is 2.13. The number of rotatable bonds is 6. The van der Waals surface area contributed by atoms with Crippen LogP contribution in [0.15, 0.2) is 22.7 Å². The molecule has 1 aliphatic rings. The largest absolute Gasteiger partial charge is 0.492 e. The summed E-state index contributed by atoms with van der Waals surface area (Å²) in [6.07, 6.45) is 4.83. The summed E-state index contributed by atoms with van der Waals surface area (Å²) in [5.41, 5.74) is 1.11. The van der Waals surface area contributed by atoms with Crippen molar-refractivity contribution in [2.75, 3.05) is 6.61 Å². The van der Waals surface area contributed by atoms with Crippen LogP contribution >= 0.6 is 15.9 Å². The lowest BCUT2D eigenvalue weighted by Crippen LogP contribution is -2.02. The molecular formula is C13H15BrO2. The molecule has 0 atom stereocenters. The van der Waals surface area contributed by atoms with Gasteiger partial charge in [-0.15, -0.1) is 0 Å². The highest BCUT2D eigenvalue weighted by Crippen LogP contribution is 2.34. The number of carbonyl (C=O) groups excluding carboxylic acids is 1. The van der Waals surface area contributed by atoms with Crippen LogP contribution < -0.4 is 4.74 Å². The molecule has 0 saturated heterocycles. The predicted octanol–water partition coefficient (Wildman–Crippen LogP) is 3.37. The summed E-state index contributed by atoms with van der Waals surface area (Å²) in [6.45, 7) is 0.802. The fraction of sp³-hybridized carbons (Fsp3) is 0.462. The molecule has 0 radical (unpaired) electrons. The van der Waals surface area contributed by atoms with Crippen LogP contribution in [0.25, 0.3) is 0 Å². The molecular weight excluding hydrogens is 268 g/mol. The van der Waals surface area contributed by atoms with Gasteiger partial charge in [0.1, 0.15) is 12.0 Å². The second-order valence-corrected chi connectivity index (χ2v) is 5.04. The summed E-state index contributed by atoms with van der Waals surface area (Å²) < 4.78 is 6.81. The van der Waals surface area contributed by atoms with E-state index in [0.29, 0.717) is 6.42 Å². The Morgan fingerprint density at radius 3 is 2.94 bits per heavy atom. The van der Waals surface area contributed by atoms with Crippen LogP contribution in [0.4, 0.5) is 0 Å². The maximum atomic E-state index is 10.4. The molecule has 16 heavy (non-hydrogen) atoms. The van der Waals surface area contributed by atoms with Crippen LogP contribution in [0.3, 0.4) is 0 Å². The number of aryl methyl sites for hydroxylation is 1. The summed E-state index contributed by atoms with van der Waals surface area (Å²) in [5.74, 6) is 1.65. The minimum atomic E-state index is 0.552. The highest BCUT2D eigenvalue weighted by atomic mass is 79.9. The SMILES string of the molecule is O=CCCc1cccc(Br)c1OCC1CC1. The van der Waals surface area contributed by atoms with Gasteiger partial charge in [-0.2, -0.15) is 0 Å². The van der Waals surface area contributed by atoms with E-state index in [-0.39, 0.29) is 0 Å². The van der Waals surface area contributed by atoms with E-state index in [1.165, 1.54) is 12.8 Å². The van der Waals surface area contributed by atoms with E-state index in [1.54, 1.807) is 0 Å². The van der Waals surface area contributed by atoms with Crippen molar-refractivity contribution in [1.82, 2.24) is 0 Å². The summed E-state index contributed by atoms with van der Waals surface area (Å²) in [4.78, 5) is 10.4. The zero-order valence-electron chi connectivity index (χ0n) is 9.12. The molecule has 3 heteroatoms. The Hall–Kier alpha value is -0.830. The molecule has 1 fully saturated rings. The molecule has 0 spiro atoms. The van der Waals surface area contributed by atoms with Crippen LogP contribution in [-0.4, -0.2) is 12.9 Å². The molecule has 0 heterocycles. The van der Waals surface area contributed by atoms with E-state index in [9.17, 15) is 4.79 Å². The molecule has 0 unspecified atom stereocenters. The Morgan fingerprint density at radius 1 is 1.44 bits per heavy atom. The second kappa shape index (κ2) is 5.48. The number of ether oxygens (including phenoxy) is 1. The highest BCUT2D eigenvalue weighted by molar-refractivity contribution is 9.10. The van der Waals surface area contributed by atoms with Gasteiger partial charge in [0, 0.05) is 6.42 Å². The monoisotopic (exact) mass is 282 g/mol. The zero-order chi connectivity index (χ0) is 11.4. The van der Waals surface area contributed by atoms with E-state index < -0.39 is 0 Å². The standard InChI is InChI=1S/C13H15BrO2/c14-12-5-1-3-11(4-2-8-15)13(12)16-9-10-6-7-10/h1,3,5,8,10H,2,4,6-7,9H2. The Morgan fingerprint density at radius 2 is 2.25 bits per heavy atom. The molecule has 0 aromatic heterocycles. The Kier molecular flexibility index (Phi) is 3.99.